The number of rotatable bonds is 9. The second-order valence-corrected chi connectivity index (χ2v) is 8.64. The molecule has 2 aromatic heterocycles. The number of hydrogen-bond donors (Lipinski definition) is 3. The fourth-order valence-electron chi connectivity index (χ4n) is 4.59. The molecule has 170 valence electrons. The van der Waals surface area contributed by atoms with Gasteiger partial charge in [0, 0.05) is 25.6 Å². The predicted molar refractivity (Wildman–Crippen MR) is 132 cm³/mol. The highest BCUT2D eigenvalue weighted by Gasteiger charge is 2.19. The van der Waals surface area contributed by atoms with Crippen molar-refractivity contribution >= 4 is 22.9 Å². The van der Waals surface area contributed by atoms with Crippen molar-refractivity contribution in [3.05, 3.63) is 78.1 Å². The second-order valence-electron chi connectivity index (χ2n) is 8.64. The van der Waals surface area contributed by atoms with Gasteiger partial charge in [0.05, 0.1) is 0 Å². The minimum atomic E-state index is 0.215. The largest absolute Gasteiger partial charge is 0.366 e. The fourth-order valence-corrected chi connectivity index (χ4v) is 4.59. The summed E-state index contributed by atoms with van der Waals surface area (Å²) < 4.78 is 0. The van der Waals surface area contributed by atoms with Crippen molar-refractivity contribution in [1.29, 1.82) is 0 Å². The van der Waals surface area contributed by atoms with Gasteiger partial charge in [-0.05, 0) is 37.1 Å². The van der Waals surface area contributed by atoms with Crippen LogP contribution in [0, 0.1) is 0 Å². The molecule has 0 spiro atoms. The number of nitrogens with one attached hydrogen (secondary N) is 4. The minimum absolute atomic E-state index is 0.215. The summed E-state index contributed by atoms with van der Waals surface area (Å²) in [5, 5.41) is 7.03. The topological polar surface area (TPSA) is 83.0 Å². The zero-order valence-electron chi connectivity index (χ0n) is 18.9. The molecule has 0 amide bonds. The smallest absolute Gasteiger partial charge is 0.307 e. The number of benzene rings is 2. The van der Waals surface area contributed by atoms with E-state index in [0.29, 0.717) is 5.95 Å². The number of aromatic amines is 2. The highest BCUT2D eigenvalue weighted by molar-refractivity contribution is 5.81. The van der Waals surface area contributed by atoms with E-state index in [2.05, 4.69) is 91.1 Å². The normalized spacial score (nSPS) is 14.6. The second kappa shape index (κ2) is 10.4. The van der Waals surface area contributed by atoms with Crippen molar-refractivity contribution in [2.45, 2.75) is 25.2 Å². The molecule has 33 heavy (non-hydrogen) atoms. The van der Waals surface area contributed by atoms with Crippen LogP contribution >= 0.6 is 0 Å². The average molecular weight is 443 g/mol. The summed E-state index contributed by atoms with van der Waals surface area (Å²) in [4.78, 5) is 18.4. The quantitative estimate of drug-likeness (QED) is 0.366. The summed E-state index contributed by atoms with van der Waals surface area (Å²) >= 11 is 0. The summed E-state index contributed by atoms with van der Waals surface area (Å²) in [6, 6.07) is 21.2. The fraction of sp³-hybridized carbons (Fsp3) is 0.346. The molecule has 0 radical (unpaired) electrons. The minimum Gasteiger partial charge on any atom is -0.366 e. The molecule has 7 heteroatoms. The first-order chi connectivity index (χ1) is 16.4. The lowest BCUT2D eigenvalue weighted by molar-refractivity contribution is -0.347. The van der Waals surface area contributed by atoms with E-state index >= 15 is 0 Å². The van der Waals surface area contributed by atoms with E-state index in [4.69, 9.17) is 4.98 Å². The van der Waals surface area contributed by atoms with E-state index in [9.17, 15) is 0 Å². The molecule has 0 bridgehead atoms. The number of fused-ring (bicyclic) bond motifs is 1. The van der Waals surface area contributed by atoms with Crippen LogP contribution in [0.1, 0.15) is 36.3 Å². The Hall–Kier alpha value is -3.45. The lowest BCUT2D eigenvalue weighted by atomic mass is 9.91. The predicted octanol–water partition coefficient (Wildman–Crippen LogP) is 3.91. The van der Waals surface area contributed by atoms with Crippen LogP contribution in [0.15, 0.2) is 67.0 Å². The Kier molecular flexibility index (Phi) is 6.77. The Labute approximate surface area is 194 Å². The number of likely N-dealkylation sites (tertiary alicyclic amines) is 1. The van der Waals surface area contributed by atoms with Crippen LogP contribution < -0.4 is 15.6 Å². The van der Waals surface area contributed by atoms with Gasteiger partial charge in [0.2, 0.25) is 5.52 Å². The van der Waals surface area contributed by atoms with Gasteiger partial charge in [-0.2, -0.15) is 4.98 Å². The standard InChI is InChI=1S/C26H31N7/c1-4-10-20(11-5-1)22(21-12-6-2-7-13-21)18-28-24-23-25(30-19-29-23)32-26(31-24)27-14-17-33-15-8-3-9-16-33/h1-2,4-7,10-13,19,22H,3,8-9,14-18H2,(H3,27,28,29,30,31,32)/p+1. The van der Waals surface area contributed by atoms with Gasteiger partial charge in [0.15, 0.2) is 12.1 Å². The third kappa shape index (κ3) is 5.31. The van der Waals surface area contributed by atoms with Gasteiger partial charge < -0.3 is 15.5 Å². The first-order valence-corrected chi connectivity index (χ1v) is 11.9. The number of hydrogen-bond acceptors (Lipinski definition) is 5. The van der Waals surface area contributed by atoms with Crippen LogP contribution in [0.25, 0.3) is 11.2 Å². The van der Waals surface area contributed by atoms with E-state index in [1.165, 1.54) is 43.5 Å². The Morgan fingerprint density at radius 1 is 0.879 bits per heavy atom. The van der Waals surface area contributed by atoms with Crippen LogP contribution in [-0.2, 0) is 0 Å². The van der Waals surface area contributed by atoms with E-state index in [1.54, 1.807) is 6.33 Å². The molecular weight excluding hydrogens is 410 g/mol. The first kappa shape index (κ1) is 21.4. The highest BCUT2D eigenvalue weighted by atomic mass is 15.2. The van der Waals surface area contributed by atoms with Gasteiger partial charge in [0.25, 0.3) is 0 Å². The molecule has 7 nitrogen and oxygen atoms in total. The molecule has 0 atom stereocenters. The summed E-state index contributed by atoms with van der Waals surface area (Å²) in [6.07, 6.45) is 5.76. The average Bonchev–Trinajstić information content (AvgIpc) is 3.35. The van der Waals surface area contributed by atoms with Gasteiger partial charge in [-0.1, -0.05) is 72.1 Å². The number of imidazole rings is 1. The number of piperidine rings is 1. The number of anilines is 2. The lowest BCUT2D eigenvalue weighted by Gasteiger charge is -2.26. The molecule has 1 saturated heterocycles. The summed E-state index contributed by atoms with van der Waals surface area (Å²) in [7, 11) is 0. The molecule has 4 N–H and O–H groups in total. The molecular formula is C26H32N7+. The van der Waals surface area contributed by atoms with Crippen molar-refractivity contribution in [3.63, 3.8) is 0 Å². The molecule has 0 unspecified atom stereocenters. The lowest BCUT2D eigenvalue weighted by Crippen LogP contribution is -2.34. The van der Waals surface area contributed by atoms with Crippen LogP contribution in [0.4, 0.5) is 11.8 Å². The van der Waals surface area contributed by atoms with Crippen molar-refractivity contribution in [3.8, 4) is 0 Å². The van der Waals surface area contributed by atoms with Gasteiger partial charge in [0.1, 0.15) is 0 Å². The van der Waals surface area contributed by atoms with E-state index < -0.39 is 0 Å². The SMILES string of the molecule is c1ccc(C(CNc2nc(NCCN3CCCCC3)nc3[nH+]c[nH]c23)c2ccccc2)cc1. The molecule has 1 aliphatic rings. The van der Waals surface area contributed by atoms with Crippen molar-refractivity contribution in [2.24, 2.45) is 0 Å². The first-order valence-electron chi connectivity index (χ1n) is 11.9. The number of nitrogens with zero attached hydrogens (tertiary/aromatic N) is 3. The third-order valence-corrected chi connectivity index (χ3v) is 6.37. The van der Waals surface area contributed by atoms with Crippen LogP contribution in [0.2, 0.25) is 0 Å². The van der Waals surface area contributed by atoms with Gasteiger partial charge in [-0.25, -0.2) is 4.98 Å². The third-order valence-electron chi connectivity index (χ3n) is 6.37. The van der Waals surface area contributed by atoms with Crippen molar-refractivity contribution in [2.75, 3.05) is 43.4 Å². The molecule has 2 aromatic carbocycles. The van der Waals surface area contributed by atoms with Crippen LogP contribution in [0.5, 0.6) is 0 Å². The van der Waals surface area contributed by atoms with Gasteiger partial charge in [-0.15, -0.1) is 0 Å². The van der Waals surface area contributed by atoms with E-state index in [1.807, 2.05) is 0 Å². The molecule has 0 saturated carbocycles. The van der Waals surface area contributed by atoms with Gasteiger partial charge in [-0.3, -0.25) is 4.98 Å². The monoisotopic (exact) mass is 442 g/mol. The zero-order chi connectivity index (χ0) is 22.3. The molecule has 1 aliphatic heterocycles. The molecule has 3 heterocycles. The van der Waals surface area contributed by atoms with Gasteiger partial charge >= 0.3 is 11.6 Å². The maximum Gasteiger partial charge on any atom is 0.307 e. The van der Waals surface area contributed by atoms with Crippen LogP contribution in [-0.4, -0.2) is 52.6 Å². The Morgan fingerprint density at radius 3 is 2.27 bits per heavy atom. The maximum atomic E-state index is 4.81. The molecule has 4 aromatic rings. The molecule has 0 aliphatic carbocycles. The summed E-state index contributed by atoms with van der Waals surface area (Å²) in [5.74, 6) is 1.67. The Balaban J connectivity index is 1.32. The number of aromatic nitrogens is 4. The molecule has 1 fully saturated rings. The Bertz CT molecular complexity index is 1100. The summed E-state index contributed by atoms with van der Waals surface area (Å²) in [6.45, 7) is 4.98. The zero-order valence-corrected chi connectivity index (χ0v) is 18.9. The Morgan fingerprint density at radius 2 is 1.58 bits per heavy atom. The van der Waals surface area contributed by atoms with Crippen molar-refractivity contribution < 1.29 is 4.98 Å². The number of H-pyrrole nitrogens is 2. The van der Waals surface area contributed by atoms with E-state index in [-0.39, 0.29) is 5.92 Å². The maximum absolute atomic E-state index is 4.81. The highest BCUT2D eigenvalue weighted by Crippen LogP contribution is 2.26. The van der Waals surface area contributed by atoms with E-state index in [0.717, 1.165) is 36.6 Å². The van der Waals surface area contributed by atoms with Crippen LogP contribution in [0.3, 0.4) is 0 Å². The van der Waals surface area contributed by atoms with Crippen molar-refractivity contribution in [1.82, 2.24) is 19.9 Å². The molecule has 5 rings (SSSR count). The summed E-state index contributed by atoms with van der Waals surface area (Å²) in [5.41, 5.74) is 4.24.